The maximum atomic E-state index is 5.36. The van der Waals surface area contributed by atoms with E-state index in [2.05, 4.69) is 206 Å². The van der Waals surface area contributed by atoms with Crippen molar-refractivity contribution in [3.63, 3.8) is 0 Å². The van der Waals surface area contributed by atoms with Gasteiger partial charge in [0.25, 0.3) is 0 Å². The average molecular weight is 797 g/mol. The Bertz CT molecular complexity index is 3120. The Morgan fingerprint density at radius 3 is 0.887 bits per heavy atom. The zero-order valence-corrected chi connectivity index (χ0v) is 34.3. The summed E-state index contributed by atoms with van der Waals surface area (Å²) in [5.74, 6) is 1.66. The molecule has 0 saturated heterocycles. The molecule has 0 aliphatic heterocycles. The lowest BCUT2D eigenvalue weighted by molar-refractivity contribution is 1.21. The van der Waals surface area contributed by atoms with E-state index in [1.807, 2.05) is 24.3 Å². The van der Waals surface area contributed by atoms with Gasteiger partial charge in [-0.2, -0.15) is 0 Å². The van der Waals surface area contributed by atoms with E-state index in [0.29, 0.717) is 0 Å². The Labute approximate surface area is 360 Å². The fourth-order valence-corrected chi connectivity index (χ4v) is 8.57. The minimum absolute atomic E-state index is 0.831. The first-order valence-electron chi connectivity index (χ1n) is 20.9. The number of aryl methyl sites for hydroxylation is 2. The number of nitrogens with zero attached hydrogens (tertiary/aromatic N) is 6. The number of fused-ring (bicyclic) bond motifs is 6. The molecule has 11 aromatic rings. The van der Waals surface area contributed by atoms with E-state index in [4.69, 9.17) is 19.9 Å². The molecular weight excluding hydrogens is 757 g/mol. The number of rotatable bonds is 8. The summed E-state index contributed by atoms with van der Waals surface area (Å²) in [5, 5.41) is 4.17. The Kier molecular flexibility index (Phi) is 9.16. The number of aromatic nitrogens is 4. The third kappa shape index (κ3) is 6.64. The number of anilines is 6. The van der Waals surface area contributed by atoms with Gasteiger partial charge < -0.3 is 0 Å². The van der Waals surface area contributed by atoms with Crippen LogP contribution in [0.1, 0.15) is 11.1 Å². The molecule has 6 heteroatoms. The summed E-state index contributed by atoms with van der Waals surface area (Å²) < 4.78 is 0. The molecule has 0 N–H and O–H groups in total. The second-order valence-electron chi connectivity index (χ2n) is 15.6. The molecule has 6 nitrogen and oxygen atoms in total. The van der Waals surface area contributed by atoms with Crippen LogP contribution < -0.4 is 9.80 Å². The zero-order chi connectivity index (χ0) is 41.6. The van der Waals surface area contributed by atoms with Crippen LogP contribution in [0.3, 0.4) is 0 Å². The largest absolute Gasteiger partial charge is 0.295 e. The molecule has 0 fully saturated rings. The summed E-state index contributed by atoms with van der Waals surface area (Å²) in [6.07, 6.45) is 0. The van der Waals surface area contributed by atoms with Crippen molar-refractivity contribution in [2.75, 3.05) is 9.80 Å². The van der Waals surface area contributed by atoms with Crippen molar-refractivity contribution in [2.24, 2.45) is 0 Å². The van der Waals surface area contributed by atoms with Crippen molar-refractivity contribution >= 4 is 78.0 Å². The Morgan fingerprint density at radius 2 is 0.565 bits per heavy atom. The number of hydrogen-bond acceptors (Lipinski definition) is 6. The molecule has 0 amide bonds. The van der Waals surface area contributed by atoms with Crippen molar-refractivity contribution < 1.29 is 0 Å². The van der Waals surface area contributed by atoms with Gasteiger partial charge in [-0.1, -0.05) is 109 Å². The lowest BCUT2D eigenvalue weighted by Gasteiger charge is -2.24. The standard InChI is InChI=1S/C56H40N6/c1-37-35-48(50-32-28-40-24-26-42-30-34-52(60-56(42)54(40)58-50)62(45-19-11-5-12-20-45)46-21-13-6-14-22-46)38(2)36-47(37)49-31-27-39-23-25-41-29-33-51(59-55(41)53(39)57-49)61(43-15-7-3-8-16-43)44-17-9-4-10-18-44/h3-36H,1-2H3. The van der Waals surface area contributed by atoms with Crippen LogP contribution in [-0.2, 0) is 0 Å². The highest BCUT2D eigenvalue weighted by molar-refractivity contribution is 6.05. The quantitative estimate of drug-likeness (QED) is 0.143. The van der Waals surface area contributed by atoms with E-state index in [0.717, 1.165) is 112 Å². The zero-order valence-electron chi connectivity index (χ0n) is 34.3. The van der Waals surface area contributed by atoms with E-state index in [9.17, 15) is 0 Å². The molecule has 62 heavy (non-hydrogen) atoms. The van der Waals surface area contributed by atoms with Crippen LogP contribution in [0.2, 0.25) is 0 Å². The van der Waals surface area contributed by atoms with Crippen molar-refractivity contribution in [1.29, 1.82) is 0 Å². The first-order chi connectivity index (χ1) is 30.6. The van der Waals surface area contributed by atoms with E-state index in [1.54, 1.807) is 0 Å². The monoisotopic (exact) mass is 796 g/mol. The molecule has 4 aromatic heterocycles. The van der Waals surface area contributed by atoms with Gasteiger partial charge in [-0.05, 0) is 122 Å². The van der Waals surface area contributed by atoms with Crippen LogP contribution in [0.15, 0.2) is 206 Å². The van der Waals surface area contributed by atoms with Gasteiger partial charge in [-0.15, -0.1) is 0 Å². The van der Waals surface area contributed by atoms with Crippen molar-refractivity contribution in [1.82, 2.24) is 19.9 Å². The fourth-order valence-electron chi connectivity index (χ4n) is 8.57. The van der Waals surface area contributed by atoms with E-state index < -0.39 is 0 Å². The molecule has 0 aliphatic rings. The third-order valence-corrected chi connectivity index (χ3v) is 11.6. The van der Waals surface area contributed by atoms with Gasteiger partial charge in [0.15, 0.2) is 0 Å². The molecule has 4 heterocycles. The van der Waals surface area contributed by atoms with E-state index >= 15 is 0 Å². The van der Waals surface area contributed by atoms with Crippen LogP contribution in [0.5, 0.6) is 0 Å². The van der Waals surface area contributed by atoms with Crippen molar-refractivity contribution in [2.45, 2.75) is 13.8 Å². The first-order valence-corrected chi connectivity index (χ1v) is 20.9. The Balaban J connectivity index is 0.991. The van der Waals surface area contributed by atoms with Gasteiger partial charge in [-0.3, -0.25) is 9.80 Å². The van der Waals surface area contributed by atoms with Gasteiger partial charge in [-0.25, -0.2) is 19.9 Å². The minimum Gasteiger partial charge on any atom is -0.295 e. The topological polar surface area (TPSA) is 58.0 Å². The van der Waals surface area contributed by atoms with Gasteiger partial charge in [0.1, 0.15) is 11.6 Å². The maximum absolute atomic E-state index is 5.36. The lowest BCUT2D eigenvalue weighted by Crippen LogP contribution is -2.11. The number of pyridine rings is 4. The molecule has 0 saturated carbocycles. The molecule has 294 valence electrons. The summed E-state index contributed by atoms with van der Waals surface area (Å²) in [7, 11) is 0. The summed E-state index contributed by atoms with van der Waals surface area (Å²) in [5.41, 5.74) is 13.8. The Hall–Kier alpha value is -8.22. The van der Waals surface area contributed by atoms with Gasteiger partial charge >= 0.3 is 0 Å². The maximum Gasteiger partial charge on any atom is 0.138 e. The molecule has 0 aliphatic carbocycles. The van der Waals surface area contributed by atoms with Crippen LogP contribution in [0.25, 0.3) is 66.1 Å². The molecule has 7 aromatic carbocycles. The van der Waals surface area contributed by atoms with E-state index in [1.165, 1.54) is 0 Å². The highest BCUT2D eigenvalue weighted by Crippen LogP contribution is 2.39. The third-order valence-electron chi connectivity index (χ3n) is 11.6. The van der Waals surface area contributed by atoms with Crippen LogP contribution in [0.4, 0.5) is 34.4 Å². The predicted molar refractivity (Wildman–Crippen MR) is 257 cm³/mol. The Morgan fingerprint density at radius 1 is 0.290 bits per heavy atom. The highest BCUT2D eigenvalue weighted by Gasteiger charge is 2.19. The molecule has 0 atom stereocenters. The SMILES string of the molecule is Cc1cc(-c2ccc3ccc4ccc(N(c5ccccc5)c5ccccc5)nc4c3n2)c(C)cc1-c1ccc2ccc3ccc(N(c4ccccc4)c4ccccc4)nc3c2n1. The second-order valence-corrected chi connectivity index (χ2v) is 15.6. The molecular formula is C56H40N6. The number of hydrogen-bond donors (Lipinski definition) is 0. The van der Waals surface area contributed by atoms with Gasteiger partial charge in [0.2, 0.25) is 0 Å². The van der Waals surface area contributed by atoms with Crippen molar-refractivity contribution in [3.8, 4) is 22.5 Å². The van der Waals surface area contributed by atoms with Crippen LogP contribution in [0, 0.1) is 13.8 Å². The number of para-hydroxylation sites is 4. The summed E-state index contributed by atoms with van der Waals surface area (Å²) in [6, 6.07) is 71.6. The van der Waals surface area contributed by atoms with E-state index in [-0.39, 0.29) is 0 Å². The van der Waals surface area contributed by atoms with Crippen LogP contribution in [-0.4, -0.2) is 19.9 Å². The number of benzene rings is 7. The molecule has 0 bridgehead atoms. The van der Waals surface area contributed by atoms with Gasteiger partial charge in [0.05, 0.1) is 33.5 Å². The second kappa shape index (κ2) is 15.4. The van der Waals surface area contributed by atoms with Crippen molar-refractivity contribution in [3.05, 3.63) is 217 Å². The minimum atomic E-state index is 0.831. The summed E-state index contributed by atoms with van der Waals surface area (Å²) in [6.45, 7) is 4.32. The molecule has 0 spiro atoms. The fraction of sp³-hybridized carbons (Fsp3) is 0.0357. The summed E-state index contributed by atoms with van der Waals surface area (Å²) >= 11 is 0. The molecule has 0 unspecified atom stereocenters. The molecule has 11 rings (SSSR count). The first kappa shape index (κ1) is 36.8. The highest BCUT2D eigenvalue weighted by atomic mass is 15.2. The summed E-state index contributed by atoms with van der Waals surface area (Å²) in [4.78, 5) is 25.7. The molecule has 0 radical (unpaired) electrons. The normalized spacial score (nSPS) is 11.4. The van der Waals surface area contributed by atoms with Gasteiger partial charge in [0, 0.05) is 55.4 Å². The predicted octanol–water partition coefficient (Wildman–Crippen LogP) is 14.8. The smallest absolute Gasteiger partial charge is 0.138 e. The average Bonchev–Trinajstić information content (AvgIpc) is 3.33. The lowest BCUT2D eigenvalue weighted by atomic mass is 9.95. The van der Waals surface area contributed by atoms with Crippen LogP contribution >= 0.6 is 0 Å².